The Labute approximate surface area is 149 Å². The first-order valence-corrected chi connectivity index (χ1v) is 8.85. The molecule has 1 aliphatic heterocycles. The molecule has 1 amide bonds. The lowest BCUT2D eigenvalue weighted by Crippen LogP contribution is -2.23. The number of thiophene rings is 1. The summed E-state index contributed by atoms with van der Waals surface area (Å²) < 4.78 is 19.5. The van der Waals surface area contributed by atoms with Gasteiger partial charge in [-0.15, -0.1) is 11.3 Å². The molecule has 25 heavy (non-hydrogen) atoms. The first-order valence-electron chi connectivity index (χ1n) is 7.97. The van der Waals surface area contributed by atoms with Crippen molar-refractivity contribution in [1.82, 2.24) is 0 Å². The van der Waals surface area contributed by atoms with Crippen molar-refractivity contribution in [3.05, 3.63) is 70.2 Å². The highest BCUT2D eigenvalue weighted by Gasteiger charge is 2.31. The number of fused-ring (bicyclic) bond motifs is 1. The topological polar surface area (TPSA) is 38.3 Å². The number of rotatable bonds is 3. The summed E-state index contributed by atoms with van der Waals surface area (Å²) in [6, 6.07) is 14.4. The van der Waals surface area contributed by atoms with Gasteiger partial charge >= 0.3 is 0 Å². The number of carbonyl (C=O) groups is 1. The lowest BCUT2D eigenvalue weighted by atomic mass is 9.89. The van der Waals surface area contributed by atoms with Crippen LogP contribution < -0.4 is 10.1 Å². The Morgan fingerprint density at radius 1 is 1.16 bits per heavy atom. The average Bonchev–Trinajstić information content (AvgIpc) is 3.05. The van der Waals surface area contributed by atoms with Crippen LogP contribution in [0.15, 0.2) is 53.9 Å². The summed E-state index contributed by atoms with van der Waals surface area (Å²) in [5.41, 5.74) is 3.31. The van der Waals surface area contributed by atoms with Crippen LogP contribution in [-0.2, 0) is 4.79 Å². The second-order valence-corrected chi connectivity index (χ2v) is 6.85. The van der Waals surface area contributed by atoms with E-state index < -0.39 is 0 Å². The lowest BCUT2D eigenvalue weighted by Gasteiger charge is -2.24. The first-order chi connectivity index (χ1) is 12.2. The number of carbonyl (C=O) groups excluding carboxylic acids is 1. The normalized spacial score (nSPS) is 16.2. The highest BCUT2D eigenvalue weighted by Crippen LogP contribution is 2.47. The molecule has 0 bridgehead atoms. The molecule has 3 nitrogen and oxygen atoms in total. The summed E-state index contributed by atoms with van der Waals surface area (Å²) in [6.07, 6.45) is 0.260. The molecule has 1 N–H and O–H groups in total. The number of anilines is 1. The molecular weight excluding hydrogens is 337 g/mol. The van der Waals surface area contributed by atoms with E-state index in [-0.39, 0.29) is 24.1 Å². The molecule has 0 radical (unpaired) electrons. The van der Waals surface area contributed by atoms with E-state index in [2.05, 4.69) is 5.32 Å². The van der Waals surface area contributed by atoms with Gasteiger partial charge in [0, 0.05) is 28.2 Å². The van der Waals surface area contributed by atoms with Crippen molar-refractivity contribution in [2.45, 2.75) is 12.3 Å². The van der Waals surface area contributed by atoms with Crippen LogP contribution in [0.2, 0.25) is 0 Å². The predicted octanol–water partition coefficient (Wildman–Crippen LogP) is 5.04. The van der Waals surface area contributed by atoms with E-state index in [0.717, 1.165) is 27.4 Å². The zero-order valence-corrected chi connectivity index (χ0v) is 14.4. The number of benzene rings is 2. The second-order valence-electron chi connectivity index (χ2n) is 5.94. The van der Waals surface area contributed by atoms with E-state index >= 15 is 0 Å². The maximum Gasteiger partial charge on any atom is 0.225 e. The molecular formula is C20H16FNO2S. The number of methoxy groups -OCH3 is 1. The van der Waals surface area contributed by atoms with E-state index in [1.807, 2.05) is 35.7 Å². The van der Waals surface area contributed by atoms with Crippen molar-refractivity contribution in [3.8, 4) is 16.9 Å². The van der Waals surface area contributed by atoms with Gasteiger partial charge in [-0.25, -0.2) is 4.39 Å². The third-order valence-corrected chi connectivity index (χ3v) is 5.57. The maximum atomic E-state index is 14.3. The monoisotopic (exact) mass is 353 g/mol. The van der Waals surface area contributed by atoms with Crippen LogP contribution >= 0.6 is 11.3 Å². The van der Waals surface area contributed by atoms with Crippen LogP contribution in [0, 0.1) is 5.82 Å². The van der Waals surface area contributed by atoms with Crippen LogP contribution in [0.5, 0.6) is 5.75 Å². The Bertz CT molecular complexity index is 933. The van der Waals surface area contributed by atoms with Crippen molar-refractivity contribution < 1.29 is 13.9 Å². The minimum absolute atomic E-state index is 0.0890. The van der Waals surface area contributed by atoms with E-state index in [4.69, 9.17) is 4.74 Å². The predicted molar refractivity (Wildman–Crippen MR) is 97.8 cm³/mol. The zero-order chi connectivity index (χ0) is 17.4. The van der Waals surface area contributed by atoms with Crippen LogP contribution in [0.3, 0.4) is 0 Å². The fourth-order valence-corrected chi connectivity index (χ4v) is 4.37. The Kier molecular flexibility index (Phi) is 4.01. The number of halogens is 1. The quantitative estimate of drug-likeness (QED) is 0.717. The Hall–Kier alpha value is -2.66. The van der Waals surface area contributed by atoms with Crippen molar-refractivity contribution in [2.24, 2.45) is 0 Å². The lowest BCUT2D eigenvalue weighted by molar-refractivity contribution is -0.116. The molecule has 2 aromatic carbocycles. The van der Waals surface area contributed by atoms with Gasteiger partial charge in [0.2, 0.25) is 5.91 Å². The maximum absolute atomic E-state index is 14.3. The second kappa shape index (κ2) is 6.33. The molecule has 126 valence electrons. The summed E-state index contributed by atoms with van der Waals surface area (Å²) in [4.78, 5) is 13.2. The van der Waals surface area contributed by atoms with Crippen molar-refractivity contribution in [1.29, 1.82) is 0 Å². The number of hydrogen-bond acceptors (Lipinski definition) is 3. The van der Waals surface area contributed by atoms with E-state index in [1.54, 1.807) is 30.6 Å². The van der Waals surface area contributed by atoms with Gasteiger partial charge in [0.25, 0.3) is 0 Å². The Morgan fingerprint density at radius 3 is 2.64 bits per heavy atom. The van der Waals surface area contributed by atoms with Crippen molar-refractivity contribution in [2.75, 3.05) is 12.4 Å². The Balaban J connectivity index is 1.80. The highest BCUT2D eigenvalue weighted by atomic mass is 32.1. The molecule has 5 heteroatoms. The number of hydrogen-bond donors (Lipinski definition) is 1. The molecule has 3 aromatic rings. The minimum Gasteiger partial charge on any atom is -0.497 e. The van der Waals surface area contributed by atoms with Gasteiger partial charge in [0.1, 0.15) is 11.6 Å². The fraction of sp³-hybridized carbons (Fsp3) is 0.150. The molecule has 4 rings (SSSR count). The van der Waals surface area contributed by atoms with Gasteiger partial charge in [-0.1, -0.05) is 30.3 Å². The fourth-order valence-electron chi connectivity index (χ4n) is 3.22. The van der Waals surface area contributed by atoms with Crippen molar-refractivity contribution in [3.63, 3.8) is 0 Å². The summed E-state index contributed by atoms with van der Waals surface area (Å²) in [6.45, 7) is 0. The van der Waals surface area contributed by atoms with E-state index in [0.29, 0.717) is 5.56 Å². The van der Waals surface area contributed by atoms with Crippen LogP contribution in [-0.4, -0.2) is 13.0 Å². The number of ether oxygens (including phenoxy) is 1. The van der Waals surface area contributed by atoms with Gasteiger partial charge in [0.15, 0.2) is 0 Å². The number of nitrogens with one attached hydrogen (secondary N) is 1. The van der Waals surface area contributed by atoms with Gasteiger partial charge in [-0.3, -0.25) is 4.79 Å². The molecule has 1 aliphatic rings. The molecule has 0 aliphatic carbocycles. The first kappa shape index (κ1) is 15.8. The molecule has 0 unspecified atom stereocenters. The summed E-state index contributed by atoms with van der Waals surface area (Å²) in [5, 5.41) is 4.99. The molecule has 1 aromatic heterocycles. The zero-order valence-electron chi connectivity index (χ0n) is 13.6. The molecule has 1 atom stereocenters. The molecule has 0 saturated carbocycles. The third-order valence-electron chi connectivity index (χ3n) is 4.47. The van der Waals surface area contributed by atoms with E-state index in [1.165, 1.54) is 6.07 Å². The van der Waals surface area contributed by atoms with Gasteiger partial charge in [-0.05, 0) is 29.3 Å². The minimum atomic E-state index is -0.271. The largest absolute Gasteiger partial charge is 0.497 e. The standard InChI is InChI=1S/C20H16FNO2S/c1-24-13-8-6-12(7-9-13)16-11-25-20-15(10-18(23)22-19(16)20)14-4-2-3-5-17(14)21/h2-9,11,15H,10H2,1H3,(H,22,23)/t15-/m1/s1. The molecule has 2 heterocycles. The van der Waals surface area contributed by atoms with Crippen LogP contribution in [0.25, 0.3) is 11.1 Å². The average molecular weight is 353 g/mol. The molecule has 0 saturated heterocycles. The summed E-state index contributed by atoms with van der Waals surface area (Å²) in [5.74, 6) is 0.171. The van der Waals surface area contributed by atoms with Crippen LogP contribution in [0.4, 0.5) is 10.1 Å². The van der Waals surface area contributed by atoms with E-state index in [9.17, 15) is 9.18 Å². The van der Waals surface area contributed by atoms with Gasteiger partial charge in [-0.2, -0.15) is 0 Å². The number of amides is 1. The smallest absolute Gasteiger partial charge is 0.225 e. The Morgan fingerprint density at radius 2 is 1.92 bits per heavy atom. The third kappa shape index (κ3) is 2.81. The molecule has 0 fully saturated rings. The molecule has 0 spiro atoms. The summed E-state index contributed by atoms with van der Waals surface area (Å²) in [7, 11) is 1.63. The summed E-state index contributed by atoms with van der Waals surface area (Å²) >= 11 is 1.56. The van der Waals surface area contributed by atoms with Crippen molar-refractivity contribution >= 4 is 22.9 Å². The van der Waals surface area contributed by atoms with Crippen LogP contribution in [0.1, 0.15) is 22.8 Å². The van der Waals surface area contributed by atoms with Gasteiger partial charge < -0.3 is 10.1 Å². The highest BCUT2D eigenvalue weighted by molar-refractivity contribution is 7.11. The van der Waals surface area contributed by atoms with Gasteiger partial charge in [0.05, 0.1) is 12.8 Å². The SMILES string of the molecule is COc1ccc(-c2csc3c2NC(=O)C[C@@H]3c2ccccc2F)cc1.